The third-order valence-electron chi connectivity index (χ3n) is 4.42. The first-order valence-corrected chi connectivity index (χ1v) is 8.69. The Kier molecular flexibility index (Phi) is 5.55. The van der Waals surface area contributed by atoms with Crippen LogP contribution in [-0.2, 0) is 17.6 Å². The standard InChI is InChI=1S/C19H21FN4O2/c1-2-17-21-10-14(11-22-17)19(26)23-16-9-18(25)24(12-16)8-7-13-3-5-15(20)6-4-13/h3-6,10-11,16H,2,7-9,12H2,1H3,(H,23,26)/t16-/m0/s1. The number of hydrogen-bond donors (Lipinski definition) is 1. The van der Waals surface area contributed by atoms with Gasteiger partial charge in [0.15, 0.2) is 0 Å². The Labute approximate surface area is 151 Å². The lowest BCUT2D eigenvalue weighted by Crippen LogP contribution is -2.37. The van der Waals surface area contributed by atoms with Gasteiger partial charge in [0.25, 0.3) is 5.91 Å². The summed E-state index contributed by atoms with van der Waals surface area (Å²) in [6.07, 6.45) is 4.65. The van der Waals surface area contributed by atoms with Crippen molar-refractivity contribution in [2.45, 2.75) is 32.2 Å². The van der Waals surface area contributed by atoms with Crippen LogP contribution in [0.2, 0.25) is 0 Å². The second-order valence-electron chi connectivity index (χ2n) is 6.33. The van der Waals surface area contributed by atoms with Gasteiger partial charge in [-0.15, -0.1) is 0 Å². The van der Waals surface area contributed by atoms with Gasteiger partial charge in [0.2, 0.25) is 5.91 Å². The number of nitrogens with zero attached hydrogens (tertiary/aromatic N) is 3. The van der Waals surface area contributed by atoms with E-state index < -0.39 is 0 Å². The minimum atomic E-state index is -0.273. The van der Waals surface area contributed by atoms with Gasteiger partial charge < -0.3 is 10.2 Å². The first-order chi connectivity index (χ1) is 12.5. The van der Waals surface area contributed by atoms with Gasteiger partial charge in [0.05, 0.1) is 11.6 Å². The van der Waals surface area contributed by atoms with Crippen molar-refractivity contribution in [2.24, 2.45) is 0 Å². The molecule has 1 saturated heterocycles. The SMILES string of the molecule is CCc1ncc(C(=O)N[C@H]2CC(=O)N(CCc3ccc(F)cc3)C2)cn1. The fourth-order valence-corrected chi connectivity index (χ4v) is 2.92. The molecule has 6 nitrogen and oxygen atoms in total. The molecule has 1 atom stereocenters. The number of amides is 2. The van der Waals surface area contributed by atoms with E-state index in [1.165, 1.54) is 24.5 Å². The van der Waals surface area contributed by atoms with Crippen molar-refractivity contribution < 1.29 is 14.0 Å². The molecule has 2 amide bonds. The highest BCUT2D eigenvalue weighted by atomic mass is 19.1. The maximum Gasteiger partial charge on any atom is 0.254 e. The highest BCUT2D eigenvalue weighted by Gasteiger charge is 2.30. The number of carbonyl (C=O) groups excluding carboxylic acids is 2. The molecule has 1 N–H and O–H groups in total. The summed E-state index contributed by atoms with van der Waals surface area (Å²) in [6.45, 7) is 2.96. The molecule has 2 aromatic rings. The van der Waals surface area contributed by atoms with Crippen molar-refractivity contribution in [2.75, 3.05) is 13.1 Å². The van der Waals surface area contributed by atoms with Crippen LogP contribution in [0.25, 0.3) is 0 Å². The molecule has 7 heteroatoms. The van der Waals surface area contributed by atoms with Crippen molar-refractivity contribution in [3.8, 4) is 0 Å². The summed E-state index contributed by atoms with van der Waals surface area (Å²) in [4.78, 5) is 34.4. The largest absolute Gasteiger partial charge is 0.347 e. The Hall–Kier alpha value is -2.83. The zero-order valence-corrected chi connectivity index (χ0v) is 14.6. The van der Waals surface area contributed by atoms with Crippen LogP contribution in [0.5, 0.6) is 0 Å². The van der Waals surface area contributed by atoms with E-state index in [0.717, 1.165) is 5.56 Å². The summed E-state index contributed by atoms with van der Waals surface area (Å²) in [7, 11) is 0. The third kappa shape index (κ3) is 4.41. The van der Waals surface area contributed by atoms with Gasteiger partial charge in [0.1, 0.15) is 11.6 Å². The molecule has 136 valence electrons. The third-order valence-corrected chi connectivity index (χ3v) is 4.42. The molecule has 0 unspecified atom stereocenters. The van der Waals surface area contributed by atoms with Crippen LogP contribution in [0.15, 0.2) is 36.7 Å². The van der Waals surface area contributed by atoms with Gasteiger partial charge >= 0.3 is 0 Å². The number of rotatable bonds is 6. The number of aryl methyl sites for hydroxylation is 1. The van der Waals surface area contributed by atoms with E-state index in [0.29, 0.717) is 37.3 Å². The van der Waals surface area contributed by atoms with Gasteiger partial charge in [-0.25, -0.2) is 14.4 Å². The maximum atomic E-state index is 12.9. The predicted molar refractivity (Wildman–Crippen MR) is 94.0 cm³/mol. The molecular formula is C19H21FN4O2. The van der Waals surface area contributed by atoms with E-state index >= 15 is 0 Å². The summed E-state index contributed by atoms with van der Waals surface area (Å²) in [6, 6.07) is 6.03. The molecule has 1 fully saturated rings. The van der Waals surface area contributed by atoms with Gasteiger partial charge in [-0.2, -0.15) is 0 Å². The van der Waals surface area contributed by atoms with E-state index in [1.54, 1.807) is 17.0 Å². The summed E-state index contributed by atoms with van der Waals surface area (Å²) in [5.74, 6) is 0.148. The molecule has 0 spiro atoms. The monoisotopic (exact) mass is 356 g/mol. The second-order valence-corrected chi connectivity index (χ2v) is 6.33. The first-order valence-electron chi connectivity index (χ1n) is 8.69. The van der Waals surface area contributed by atoms with Gasteiger partial charge in [-0.1, -0.05) is 19.1 Å². The maximum absolute atomic E-state index is 12.9. The fourth-order valence-electron chi connectivity index (χ4n) is 2.92. The smallest absolute Gasteiger partial charge is 0.254 e. The number of benzene rings is 1. The summed E-state index contributed by atoms with van der Waals surface area (Å²) in [5, 5.41) is 2.87. The summed E-state index contributed by atoms with van der Waals surface area (Å²) in [5.41, 5.74) is 1.36. The minimum Gasteiger partial charge on any atom is -0.347 e. The topological polar surface area (TPSA) is 75.2 Å². The van der Waals surface area contributed by atoms with E-state index in [-0.39, 0.29) is 30.1 Å². The predicted octanol–water partition coefficient (Wildman–Crippen LogP) is 1.75. The van der Waals surface area contributed by atoms with Crippen molar-refractivity contribution in [1.82, 2.24) is 20.2 Å². The number of hydrogen-bond acceptors (Lipinski definition) is 4. The van der Waals surface area contributed by atoms with Crippen molar-refractivity contribution in [3.05, 3.63) is 59.4 Å². The van der Waals surface area contributed by atoms with Crippen molar-refractivity contribution in [3.63, 3.8) is 0 Å². The molecule has 1 aromatic heterocycles. The van der Waals surface area contributed by atoms with Crippen LogP contribution < -0.4 is 5.32 Å². The summed E-state index contributed by atoms with van der Waals surface area (Å²) < 4.78 is 12.9. The molecule has 0 radical (unpaired) electrons. The number of halogens is 1. The average molecular weight is 356 g/mol. The Morgan fingerprint density at radius 1 is 1.27 bits per heavy atom. The molecule has 26 heavy (non-hydrogen) atoms. The van der Waals surface area contributed by atoms with Crippen LogP contribution in [0.4, 0.5) is 4.39 Å². The summed E-state index contributed by atoms with van der Waals surface area (Å²) >= 11 is 0. The van der Waals surface area contributed by atoms with Gasteiger partial charge in [0, 0.05) is 38.3 Å². The molecule has 1 aromatic carbocycles. The Balaban J connectivity index is 1.51. The van der Waals surface area contributed by atoms with Crippen LogP contribution in [-0.4, -0.2) is 45.8 Å². The molecule has 0 bridgehead atoms. The highest BCUT2D eigenvalue weighted by molar-refractivity contribution is 5.94. The number of aromatic nitrogens is 2. The van der Waals surface area contributed by atoms with E-state index in [2.05, 4.69) is 15.3 Å². The normalized spacial score (nSPS) is 16.8. The molecule has 1 aliphatic rings. The molecule has 0 saturated carbocycles. The zero-order chi connectivity index (χ0) is 18.5. The second kappa shape index (κ2) is 8.03. The lowest BCUT2D eigenvalue weighted by molar-refractivity contribution is -0.127. The first kappa shape index (κ1) is 18.0. The average Bonchev–Trinajstić information content (AvgIpc) is 3.00. The van der Waals surface area contributed by atoms with Crippen LogP contribution in [0.1, 0.15) is 35.1 Å². The fraction of sp³-hybridized carbons (Fsp3) is 0.368. The number of likely N-dealkylation sites (tertiary alicyclic amines) is 1. The molecule has 2 heterocycles. The van der Waals surface area contributed by atoms with Gasteiger partial charge in [-0.3, -0.25) is 9.59 Å². The van der Waals surface area contributed by atoms with E-state index in [9.17, 15) is 14.0 Å². The Morgan fingerprint density at radius 3 is 2.62 bits per heavy atom. The van der Waals surface area contributed by atoms with E-state index in [1.807, 2.05) is 6.92 Å². The molecular weight excluding hydrogens is 335 g/mol. The number of nitrogens with one attached hydrogen (secondary N) is 1. The van der Waals surface area contributed by atoms with Gasteiger partial charge in [-0.05, 0) is 24.1 Å². The van der Waals surface area contributed by atoms with Crippen molar-refractivity contribution in [1.29, 1.82) is 0 Å². The van der Waals surface area contributed by atoms with Crippen LogP contribution in [0, 0.1) is 5.82 Å². The van der Waals surface area contributed by atoms with Crippen molar-refractivity contribution >= 4 is 11.8 Å². The lowest BCUT2D eigenvalue weighted by Gasteiger charge is -2.17. The zero-order valence-electron chi connectivity index (χ0n) is 14.6. The van der Waals surface area contributed by atoms with Crippen LogP contribution >= 0.6 is 0 Å². The highest BCUT2D eigenvalue weighted by Crippen LogP contribution is 2.13. The molecule has 0 aliphatic carbocycles. The minimum absolute atomic E-state index is 0.00925. The molecule has 1 aliphatic heterocycles. The lowest BCUT2D eigenvalue weighted by atomic mass is 10.1. The Morgan fingerprint density at radius 2 is 1.96 bits per heavy atom. The molecule has 3 rings (SSSR count). The van der Waals surface area contributed by atoms with E-state index in [4.69, 9.17) is 0 Å². The number of carbonyl (C=O) groups is 2. The quantitative estimate of drug-likeness (QED) is 0.856. The van der Waals surface area contributed by atoms with Crippen LogP contribution in [0.3, 0.4) is 0 Å². The Bertz CT molecular complexity index is 777.